The number of ether oxygens (including phenoxy) is 2. The maximum Gasteiger partial charge on any atom is 0.410 e. The summed E-state index contributed by atoms with van der Waals surface area (Å²) in [7, 11) is 0. The number of anilines is 1. The van der Waals surface area contributed by atoms with Crippen molar-refractivity contribution >= 4 is 17.6 Å². The maximum atomic E-state index is 12.4. The van der Waals surface area contributed by atoms with Crippen LogP contribution >= 0.6 is 0 Å². The molecule has 0 unspecified atom stereocenters. The van der Waals surface area contributed by atoms with E-state index in [-0.39, 0.29) is 12.2 Å². The van der Waals surface area contributed by atoms with Crippen LogP contribution in [0.25, 0.3) is 16.8 Å². The molecule has 0 radical (unpaired) electrons. The third kappa shape index (κ3) is 4.58. The Bertz CT molecular complexity index is 1170. The van der Waals surface area contributed by atoms with Gasteiger partial charge in [0.1, 0.15) is 17.5 Å². The highest BCUT2D eigenvalue weighted by atomic mass is 16.6. The molecule has 1 amide bonds. The van der Waals surface area contributed by atoms with Gasteiger partial charge in [-0.15, -0.1) is 0 Å². The predicted octanol–water partition coefficient (Wildman–Crippen LogP) is 3.70. The average Bonchev–Trinajstić information content (AvgIpc) is 3.50. The van der Waals surface area contributed by atoms with Gasteiger partial charge in [-0.2, -0.15) is 5.10 Å². The Labute approximate surface area is 193 Å². The van der Waals surface area contributed by atoms with E-state index in [2.05, 4.69) is 15.0 Å². The van der Waals surface area contributed by atoms with Crippen molar-refractivity contribution in [1.29, 1.82) is 0 Å². The monoisotopic (exact) mass is 450 g/mol. The topological polar surface area (TPSA) is 85.1 Å². The van der Waals surface area contributed by atoms with Crippen molar-refractivity contribution in [2.75, 3.05) is 31.1 Å². The van der Waals surface area contributed by atoms with Crippen LogP contribution < -0.4 is 9.64 Å². The van der Waals surface area contributed by atoms with E-state index in [1.165, 1.54) is 0 Å². The molecule has 2 fully saturated rings. The number of nitrogens with zero attached hydrogens (tertiary/aromatic N) is 6. The van der Waals surface area contributed by atoms with E-state index in [0.717, 1.165) is 41.0 Å². The molecule has 4 heterocycles. The molecule has 1 aliphatic carbocycles. The number of carbonyl (C=O) groups is 1. The largest absolute Gasteiger partial charge is 0.474 e. The number of piperazine rings is 1. The summed E-state index contributed by atoms with van der Waals surface area (Å²) in [6, 6.07) is 3.91. The number of hydrogen-bond acceptors (Lipinski definition) is 7. The lowest BCUT2D eigenvalue weighted by atomic mass is 10.1. The minimum atomic E-state index is -0.496. The van der Waals surface area contributed by atoms with Gasteiger partial charge in [-0.05, 0) is 52.7 Å². The van der Waals surface area contributed by atoms with E-state index in [0.29, 0.717) is 32.1 Å². The molecule has 0 spiro atoms. The van der Waals surface area contributed by atoms with Crippen molar-refractivity contribution in [2.24, 2.45) is 0 Å². The van der Waals surface area contributed by atoms with Crippen molar-refractivity contribution in [3.05, 3.63) is 36.3 Å². The summed E-state index contributed by atoms with van der Waals surface area (Å²) >= 11 is 0. The number of aryl methyl sites for hydroxylation is 1. The summed E-state index contributed by atoms with van der Waals surface area (Å²) in [6.45, 7) is 10.3. The molecule has 0 atom stereocenters. The molecule has 1 aliphatic heterocycles. The number of fused-ring (bicyclic) bond motifs is 1. The number of carbonyl (C=O) groups excluding carboxylic acids is 1. The lowest BCUT2D eigenvalue weighted by Gasteiger charge is -2.36. The smallest absolute Gasteiger partial charge is 0.410 e. The number of amides is 1. The molecule has 0 N–H and O–H groups in total. The van der Waals surface area contributed by atoms with E-state index in [1.807, 2.05) is 52.2 Å². The first-order chi connectivity index (χ1) is 15.8. The van der Waals surface area contributed by atoms with Gasteiger partial charge < -0.3 is 19.3 Å². The van der Waals surface area contributed by atoms with Crippen LogP contribution in [0.4, 0.5) is 10.6 Å². The van der Waals surface area contributed by atoms with Gasteiger partial charge in [-0.25, -0.2) is 19.3 Å². The fourth-order valence-electron chi connectivity index (χ4n) is 3.96. The van der Waals surface area contributed by atoms with E-state index in [1.54, 1.807) is 15.6 Å². The summed E-state index contributed by atoms with van der Waals surface area (Å²) < 4.78 is 13.4. The maximum absolute atomic E-state index is 12.4. The van der Waals surface area contributed by atoms with Gasteiger partial charge in [0, 0.05) is 49.7 Å². The van der Waals surface area contributed by atoms with Crippen LogP contribution in [0, 0.1) is 6.92 Å². The Kier molecular flexibility index (Phi) is 5.34. The molecule has 9 nitrogen and oxygen atoms in total. The number of aromatic nitrogens is 4. The minimum Gasteiger partial charge on any atom is -0.474 e. The molecule has 174 valence electrons. The summed E-state index contributed by atoms with van der Waals surface area (Å²) in [4.78, 5) is 25.9. The van der Waals surface area contributed by atoms with Crippen LogP contribution in [0.5, 0.6) is 5.88 Å². The molecule has 33 heavy (non-hydrogen) atoms. The molecular weight excluding hydrogens is 420 g/mol. The second kappa shape index (κ2) is 8.20. The zero-order valence-corrected chi connectivity index (χ0v) is 19.6. The number of hydrogen-bond donors (Lipinski definition) is 0. The van der Waals surface area contributed by atoms with Crippen molar-refractivity contribution in [2.45, 2.75) is 52.2 Å². The highest BCUT2D eigenvalue weighted by Crippen LogP contribution is 2.35. The quantitative estimate of drug-likeness (QED) is 0.599. The van der Waals surface area contributed by atoms with Gasteiger partial charge in [0.05, 0.1) is 11.8 Å². The molecule has 3 aromatic rings. The SMILES string of the molecule is Cc1cn2ncc(-c3cccnc3OC3CC3)c2nc1N1CCN(C(=O)OC(C)(C)C)CC1. The van der Waals surface area contributed by atoms with Crippen LogP contribution in [-0.4, -0.2) is 68.5 Å². The van der Waals surface area contributed by atoms with Crippen LogP contribution in [0.15, 0.2) is 30.7 Å². The molecule has 3 aromatic heterocycles. The molecule has 2 aliphatic rings. The Morgan fingerprint density at radius 2 is 1.88 bits per heavy atom. The molecule has 1 saturated carbocycles. The van der Waals surface area contributed by atoms with E-state index < -0.39 is 5.60 Å². The Balaban J connectivity index is 1.40. The van der Waals surface area contributed by atoms with Gasteiger partial charge in [0.15, 0.2) is 5.65 Å². The number of pyridine rings is 1. The van der Waals surface area contributed by atoms with E-state index in [4.69, 9.17) is 14.5 Å². The Morgan fingerprint density at radius 3 is 2.58 bits per heavy atom. The van der Waals surface area contributed by atoms with Crippen LogP contribution in [0.3, 0.4) is 0 Å². The number of rotatable bonds is 4. The minimum absolute atomic E-state index is 0.257. The zero-order valence-electron chi connectivity index (χ0n) is 19.6. The van der Waals surface area contributed by atoms with Crippen LogP contribution in [0.1, 0.15) is 39.2 Å². The summed E-state index contributed by atoms with van der Waals surface area (Å²) in [5.41, 5.74) is 3.09. The summed E-state index contributed by atoms with van der Waals surface area (Å²) in [5.74, 6) is 1.53. The summed E-state index contributed by atoms with van der Waals surface area (Å²) in [6.07, 6.45) is 7.71. The predicted molar refractivity (Wildman–Crippen MR) is 125 cm³/mol. The van der Waals surface area contributed by atoms with Gasteiger partial charge in [0.2, 0.25) is 5.88 Å². The van der Waals surface area contributed by atoms with Crippen LogP contribution in [-0.2, 0) is 4.74 Å². The normalized spacial score (nSPS) is 16.8. The van der Waals surface area contributed by atoms with E-state index in [9.17, 15) is 4.79 Å². The van der Waals surface area contributed by atoms with Crippen molar-refractivity contribution in [1.82, 2.24) is 24.5 Å². The molecule has 1 saturated heterocycles. The first kappa shape index (κ1) is 21.5. The first-order valence-electron chi connectivity index (χ1n) is 11.5. The molecule has 0 aromatic carbocycles. The second-order valence-corrected chi connectivity index (χ2v) is 9.70. The Morgan fingerprint density at radius 1 is 1.12 bits per heavy atom. The third-order valence-corrected chi connectivity index (χ3v) is 5.74. The van der Waals surface area contributed by atoms with Crippen molar-refractivity contribution < 1.29 is 14.3 Å². The standard InChI is InChI=1S/C24H30N6O3/c1-16-15-30-21(19(14-26-30)18-6-5-9-25-22(18)32-17-7-8-17)27-20(16)28-10-12-29(13-11-28)23(31)33-24(2,3)4/h5-6,9,14-15,17H,7-8,10-13H2,1-4H3. The lowest BCUT2D eigenvalue weighted by Crippen LogP contribution is -2.50. The lowest BCUT2D eigenvalue weighted by molar-refractivity contribution is 0.0240. The van der Waals surface area contributed by atoms with Crippen LogP contribution in [0.2, 0.25) is 0 Å². The van der Waals surface area contributed by atoms with Gasteiger partial charge >= 0.3 is 6.09 Å². The zero-order chi connectivity index (χ0) is 23.2. The van der Waals surface area contributed by atoms with Gasteiger partial charge in [0.25, 0.3) is 0 Å². The Hall–Kier alpha value is -3.36. The summed E-state index contributed by atoms with van der Waals surface area (Å²) in [5, 5.41) is 4.53. The molecular formula is C24H30N6O3. The van der Waals surface area contributed by atoms with Gasteiger partial charge in [-0.1, -0.05) is 0 Å². The molecule has 5 rings (SSSR count). The first-order valence-corrected chi connectivity index (χ1v) is 11.5. The van der Waals surface area contributed by atoms with E-state index >= 15 is 0 Å². The highest BCUT2D eigenvalue weighted by molar-refractivity contribution is 5.81. The second-order valence-electron chi connectivity index (χ2n) is 9.70. The fraction of sp³-hybridized carbons (Fsp3) is 0.500. The average molecular weight is 451 g/mol. The fourth-order valence-corrected chi connectivity index (χ4v) is 3.96. The van der Waals surface area contributed by atoms with Crippen molar-refractivity contribution in [3.8, 4) is 17.0 Å². The van der Waals surface area contributed by atoms with Crippen molar-refractivity contribution in [3.63, 3.8) is 0 Å². The molecule has 9 heteroatoms. The van der Waals surface area contributed by atoms with Gasteiger partial charge in [-0.3, -0.25) is 0 Å². The molecule has 0 bridgehead atoms. The third-order valence-electron chi connectivity index (χ3n) is 5.74. The highest BCUT2D eigenvalue weighted by Gasteiger charge is 2.28.